The number of nitrogens with two attached hydrogens (primary N) is 1. The second kappa shape index (κ2) is 8.86. The molecule has 33 heavy (non-hydrogen) atoms. The first kappa shape index (κ1) is 22.2. The van der Waals surface area contributed by atoms with Gasteiger partial charge in [-0.3, -0.25) is 14.6 Å². The topological polar surface area (TPSA) is 118 Å². The number of benzene rings is 2. The predicted molar refractivity (Wildman–Crippen MR) is 129 cm³/mol. The predicted octanol–water partition coefficient (Wildman–Crippen LogP) is 3.97. The van der Waals surface area contributed by atoms with Crippen LogP contribution in [0.15, 0.2) is 48.7 Å². The third-order valence-electron chi connectivity index (χ3n) is 5.88. The van der Waals surface area contributed by atoms with Crippen molar-refractivity contribution in [3.8, 4) is 0 Å². The van der Waals surface area contributed by atoms with Crippen LogP contribution in [0.25, 0.3) is 21.8 Å². The van der Waals surface area contributed by atoms with E-state index in [1.54, 1.807) is 12.1 Å². The van der Waals surface area contributed by atoms with E-state index in [0.29, 0.717) is 16.9 Å². The molecule has 4 N–H and O–H groups in total. The number of nitrogens with one attached hydrogen (secondary N) is 1. The Labute approximate surface area is 191 Å². The van der Waals surface area contributed by atoms with E-state index >= 15 is 0 Å². The van der Waals surface area contributed by atoms with Gasteiger partial charge in [0.1, 0.15) is 11.6 Å². The third kappa shape index (κ3) is 4.62. The summed E-state index contributed by atoms with van der Waals surface area (Å²) in [5.41, 5.74) is 12.5. The first-order valence-corrected chi connectivity index (χ1v) is 10.8. The van der Waals surface area contributed by atoms with E-state index in [1.807, 2.05) is 32.2 Å². The highest BCUT2D eigenvalue weighted by atomic mass is 16.4. The normalized spacial score (nSPS) is 12.1. The van der Waals surface area contributed by atoms with Crippen molar-refractivity contribution in [3.63, 3.8) is 0 Å². The molecule has 0 saturated carbocycles. The minimum Gasteiger partial charge on any atom is -0.480 e. The van der Waals surface area contributed by atoms with Gasteiger partial charge in [0, 0.05) is 22.5 Å². The smallest absolute Gasteiger partial charge is 0.325 e. The molecule has 1 unspecified atom stereocenters. The zero-order valence-corrected chi connectivity index (χ0v) is 18.8. The number of carbonyl (C=O) groups is 2. The Balaban J connectivity index is 1.55. The van der Waals surface area contributed by atoms with Crippen molar-refractivity contribution >= 4 is 39.5 Å². The fourth-order valence-corrected chi connectivity index (χ4v) is 3.94. The molecular formula is C26H26N4O3. The molecule has 0 aliphatic carbocycles. The summed E-state index contributed by atoms with van der Waals surface area (Å²) in [5, 5.41) is 13.5. The van der Waals surface area contributed by atoms with E-state index < -0.39 is 17.9 Å². The number of aliphatic carboxylic acids is 1. The fourth-order valence-electron chi connectivity index (χ4n) is 3.94. The van der Waals surface area contributed by atoms with Gasteiger partial charge in [-0.1, -0.05) is 18.2 Å². The summed E-state index contributed by atoms with van der Waals surface area (Å²) in [6.07, 6.45) is 3.40. The monoisotopic (exact) mass is 442 g/mol. The molecule has 4 aromatic rings. The number of hydrogen-bond donors (Lipinski definition) is 3. The molecule has 168 valence electrons. The molecule has 7 nitrogen and oxygen atoms in total. The van der Waals surface area contributed by atoms with Crippen LogP contribution >= 0.6 is 0 Å². The molecule has 4 rings (SSSR count). The third-order valence-corrected chi connectivity index (χ3v) is 5.88. The molecule has 0 radical (unpaired) electrons. The number of rotatable bonds is 6. The summed E-state index contributed by atoms with van der Waals surface area (Å²) < 4.78 is 0. The van der Waals surface area contributed by atoms with Crippen LogP contribution < -0.4 is 11.1 Å². The van der Waals surface area contributed by atoms with Crippen molar-refractivity contribution in [2.45, 2.75) is 39.7 Å². The Bertz CT molecular complexity index is 1400. The SMILES string of the molecule is Cc1ccc2c(c1)nc(N)c1ncc(CCc3ccc(C(=O)NC(C)C(=O)O)cc3C)cc12. The van der Waals surface area contributed by atoms with Crippen LogP contribution in [0.4, 0.5) is 5.82 Å². The maximum absolute atomic E-state index is 12.3. The van der Waals surface area contributed by atoms with Crippen LogP contribution in [0, 0.1) is 13.8 Å². The number of pyridine rings is 2. The number of nitrogens with zero attached hydrogens (tertiary/aromatic N) is 2. The minimum absolute atomic E-state index is 0.397. The number of carbonyl (C=O) groups excluding carboxylic acids is 1. The van der Waals surface area contributed by atoms with Crippen molar-refractivity contribution < 1.29 is 14.7 Å². The summed E-state index contributed by atoms with van der Waals surface area (Å²) in [6, 6.07) is 12.8. The first-order chi connectivity index (χ1) is 15.7. The van der Waals surface area contributed by atoms with Crippen LogP contribution in [-0.2, 0) is 17.6 Å². The number of amides is 1. The van der Waals surface area contributed by atoms with Crippen molar-refractivity contribution in [1.82, 2.24) is 15.3 Å². The summed E-state index contributed by atoms with van der Waals surface area (Å²) in [4.78, 5) is 32.3. The number of anilines is 1. The van der Waals surface area contributed by atoms with Crippen LogP contribution in [0.2, 0.25) is 0 Å². The number of carboxylic acids is 1. The number of hydrogen-bond acceptors (Lipinski definition) is 5. The number of aryl methyl sites for hydroxylation is 4. The standard InChI is InChI=1S/C26H26N4O3/c1-14-4-9-20-21-12-17(13-28-23(21)24(27)30-22(20)10-14)5-6-18-7-8-19(11-15(18)2)25(31)29-16(3)26(32)33/h4,7-13,16H,5-6H2,1-3H3,(H2,27,30)(H,29,31)(H,32,33). The van der Waals surface area contributed by atoms with Gasteiger partial charge < -0.3 is 16.2 Å². The van der Waals surface area contributed by atoms with Gasteiger partial charge in [0.2, 0.25) is 0 Å². The lowest BCUT2D eigenvalue weighted by molar-refractivity contribution is -0.138. The largest absolute Gasteiger partial charge is 0.480 e. The Kier molecular flexibility index (Phi) is 5.96. The fraction of sp³-hybridized carbons (Fsp3) is 0.231. The highest BCUT2D eigenvalue weighted by Gasteiger charge is 2.16. The second-order valence-electron chi connectivity index (χ2n) is 8.43. The molecule has 0 aliphatic heterocycles. The van der Waals surface area contributed by atoms with Gasteiger partial charge in [-0.15, -0.1) is 0 Å². The molecule has 7 heteroatoms. The number of fused-ring (bicyclic) bond motifs is 3. The summed E-state index contributed by atoms with van der Waals surface area (Å²) in [6.45, 7) is 5.42. The van der Waals surface area contributed by atoms with Gasteiger partial charge in [0.05, 0.1) is 5.52 Å². The van der Waals surface area contributed by atoms with Gasteiger partial charge >= 0.3 is 5.97 Å². The zero-order chi connectivity index (χ0) is 23.7. The Morgan fingerprint density at radius 2 is 1.85 bits per heavy atom. The average Bonchev–Trinajstić information content (AvgIpc) is 2.77. The van der Waals surface area contributed by atoms with Crippen LogP contribution in [-0.4, -0.2) is 33.0 Å². The van der Waals surface area contributed by atoms with Crippen LogP contribution in [0.5, 0.6) is 0 Å². The number of aromatic nitrogens is 2. The zero-order valence-electron chi connectivity index (χ0n) is 18.8. The van der Waals surface area contributed by atoms with E-state index in [0.717, 1.165) is 51.4 Å². The Morgan fingerprint density at radius 1 is 1.06 bits per heavy atom. The van der Waals surface area contributed by atoms with Crippen molar-refractivity contribution in [2.24, 2.45) is 0 Å². The van der Waals surface area contributed by atoms with Crippen LogP contribution in [0.1, 0.15) is 39.5 Å². The van der Waals surface area contributed by atoms with E-state index in [-0.39, 0.29) is 0 Å². The molecule has 2 aromatic carbocycles. The quantitative estimate of drug-likeness (QED) is 0.389. The van der Waals surface area contributed by atoms with Gasteiger partial charge in [-0.25, -0.2) is 4.98 Å². The second-order valence-corrected chi connectivity index (χ2v) is 8.43. The van der Waals surface area contributed by atoms with Gasteiger partial charge in [-0.05, 0) is 80.1 Å². The van der Waals surface area contributed by atoms with Crippen LogP contribution in [0.3, 0.4) is 0 Å². The summed E-state index contributed by atoms with van der Waals surface area (Å²) in [7, 11) is 0. The van der Waals surface area contributed by atoms with E-state index in [9.17, 15) is 9.59 Å². The highest BCUT2D eigenvalue weighted by Crippen LogP contribution is 2.28. The Morgan fingerprint density at radius 3 is 2.58 bits per heavy atom. The molecule has 0 spiro atoms. The molecule has 2 heterocycles. The molecule has 0 fully saturated rings. The maximum Gasteiger partial charge on any atom is 0.325 e. The van der Waals surface area contributed by atoms with Gasteiger partial charge in [0.15, 0.2) is 5.82 Å². The van der Waals surface area contributed by atoms with E-state index in [1.165, 1.54) is 6.92 Å². The molecule has 1 amide bonds. The molecule has 0 aliphatic rings. The lowest BCUT2D eigenvalue weighted by atomic mass is 9.98. The van der Waals surface area contributed by atoms with Gasteiger partial charge in [-0.2, -0.15) is 0 Å². The lowest BCUT2D eigenvalue weighted by Gasteiger charge is -2.12. The van der Waals surface area contributed by atoms with Gasteiger partial charge in [0.25, 0.3) is 5.91 Å². The maximum atomic E-state index is 12.3. The van der Waals surface area contributed by atoms with Crippen molar-refractivity contribution in [2.75, 3.05) is 5.73 Å². The Hall–Kier alpha value is -4.00. The molecular weight excluding hydrogens is 416 g/mol. The highest BCUT2D eigenvalue weighted by molar-refractivity contribution is 6.08. The number of nitrogen functional groups attached to an aromatic ring is 1. The van der Waals surface area contributed by atoms with Crippen molar-refractivity contribution in [1.29, 1.82) is 0 Å². The molecule has 1 atom stereocenters. The summed E-state index contributed by atoms with van der Waals surface area (Å²) >= 11 is 0. The summed E-state index contributed by atoms with van der Waals surface area (Å²) in [5.74, 6) is -1.04. The van der Waals surface area contributed by atoms with E-state index in [2.05, 4.69) is 33.5 Å². The molecule has 0 saturated heterocycles. The lowest BCUT2D eigenvalue weighted by Crippen LogP contribution is -2.38. The van der Waals surface area contributed by atoms with Crippen molar-refractivity contribution in [3.05, 3.63) is 76.5 Å². The molecule has 0 bridgehead atoms. The minimum atomic E-state index is -1.07. The molecule has 2 aromatic heterocycles. The number of carboxylic acid groups (broad SMARTS) is 1. The van der Waals surface area contributed by atoms with E-state index in [4.69, 9.17) is 10.8 Å². The average molecular weight is 443 g/mol. The first-order valence-electron chi connectivity index (χ1n) is 10.8.